The minimum absolute atomic E-state index is 0.449. The van der Waals surface area contributed by atoms with E-state index in [1.165, 1.54) is 5.56 Å². The molecule has 7 heteroatoms. The largest absolute Gasteiger partial charge is 0.438 e. The second-order valence-corrected chi connectivity index (χ2v) is 7.37. The highest BCUT2D eigenvalue weighted by molar-refractivity contribution is 5.72. The van der Waals surface area contributed by atoms with Crippen LogP contribution in [0.4, 0.5) is 5.82 Å². The zero-order valence-corrected chi connectivity index (χ0v) is 17.5. The normalized spacial score (nSPS) is 13.6. The van der Waals surface area contributed by atoms with E-state index in [1.54, 1.807) is 12.1 Å². The van der Waals surface area contributed by atoms with Gasteiger partial charge in [-0.1, -0.05) is 24.3 Å². The average molecular weight is 415 g/mol. The van der Waals surface area contributed by atoms with Crippen molar-refractivity contribution in [2.24, 2.45) is 5.73 Å². The molecule has 0 saturated carbocycles. The number of benzene rings is 2. The van der Waals surface area contributed by atoms with E-state index in [4.69, 9.17) is 15.2 Å². The van der Waals surface area contributed by atoms with Gasteiger partial charge in [0.15, 0.2) is 0 Å². The van der Waals surface area contributed by atoms with E-state index >= 15 is 0 Å². The molecular formula is C24H25N5O2. The molecule has 0 amide bonds. The third-order valence-corrected chi connectivity index (χ3v) is 5.16. The van der Waals surface area contributed by atoms with Gasteiger partial charge in [-0.3, -0.25) is 0 Å². The number of ether oxygens (including phenoxy) is 2. The maximum Gasteiger partial charge on any atom is 0.224 e. The smallest absolute Gasteiger partial charge is 0.224 e. The first-order chi connectivity index (χ1) is 15.2. The fraction of sp³-hybridized carbons (Fsp3) is 0.292. The summed E-state index contributed by atoms with van der Waals surface area (Å²) < 4.78 is 11.7. The van der Waals surface area contributed by atoms with Gasteiger partial charge in [-0.05, 0) is 49.2 Å². The summed E-state index contributed by atoms with van der Waals surface area (Å²) in [5, 5.41) is 9.38. The average Bonchev–Trinajstić information content (AvgIpc) is 2.80. The van der Waals surface area contributed by atoms with Crippen molar-refractivity contribution >= 4 is 5.82 Å². The highest BCUT2D eigenvalue weighted by Crippen LogP contribution is 2.34. The minimum atomic E-state index is 0.449. The molecule has 1 aliphatic rings. The number of aromatic nitrogens is 2. The molecule has 1 aromatic heterocycles. The van der Waals surface area contributed by atoms with Crippen LogP contribution >= 0.6 is 0 Å². The predicted molar refractivity (Wildman–Crippen MR) is 119 cm³/mol. The molecule has 1 saturated heterocycles. The lowest BCUT2D eigenvalue weighted by atomic mass is 10.0. The van der Waals surface area contributed by atoms with Gasteiger partial charge in [0.05, 0.1) is 24.8 Å². The van der Waals surface area contributed by atoms with Gasteiger partial charge >= 0.3 is 0 Å². The van der Waals surface area contributed by atoms with E-state index in [0.29, 0.717) is 42.8 Å². The molecule has 2 heterocycles. The van der Waals surface area contributed by atoms with Crippen molar-refractivity contribution in [1.82, 2.24) is 9.97 Å². The monoisotopic (exact) mass is 415 g/mol. The van der Waals surface area contributed by atoms with Crippen LogP contribution in [0.5, 0.6) is 11.6 Å². The molecule has 31 heavy (non-hydrogen) atoms. The molecule has 0 radical (unpaired) electrons. The quantitative estimate of drug-likeness (QED) is 0.658. The number of rotatable bonds is 6. The van der Waals surface area contributed by atoms with E-state index < -0.39 is 0 Å². The van der Waals surface area contributed by atoms with Crippen LogP contribution in [0.1, 0.15) is 17.0 Å². The van der Waals surface area contributed by atoms with Crippen LogP contribution in [0, 0.1) is 18.3 Å². The van der Waals surface area contributed by atoms with Crippen molar-refractivity contribution in [3.8, 4) is 28.8 Å². The standard InChI is InChI=1S/C24H25N5O2/c1-17-27-23(29-10-12-30-13-11-29)15-24(28-17)31-22-14-19(16-26)4-7-21(22)20-5-2-18(3-6-20)8-9-25/h2-7,14-15H,8-13,25H2,1H3. The summed E-state index contributed by atoms with van der Waals surface area (Å²) in [6.45, 7) is 5.37. The molecule has 7 nitrogen and oxygen atoms in total. The summed E-state index contributed by atoms with van der Waals surface area (Å²) in [5.74, 6) is 2.47. The van der Waals surface area contributed by atoms with Crippen molar-refractivity contribution in [3.63, 3.8) is 0 Å². The van der Waals surface area contributed by atoms with Crippen LogP contribution in [0.25, 0.3) is 11.1 Å². The van der Waals surface area contributed by atoms with E-state index in [-0.39, 0.29) is 0 Å². The van der Waals surface area contributed by atoms with Gasteiger partial charge in [0.25, 0.3) is 0 Å². The minimum Gasteiger partial charge on any atom is -0.438 e. The molecule has 0 bridgehead atoms. The molecule has 1 aliphatic heterocycles. The number of hydrogen-bond donors (Lipinski definition) is 1. The predicted octanol–water partition coefficient (Wildman–Crippen LogP) is 3.45. The van der Waals surface area contributed by atoms with Crippen LogP contribution in [-0.4, -0.2) is 42.8 Å². The second-order valence-electron chi connectivity index (χ2n) is 7.37. The fourth-order valence-corrected chi connectivity index (χ4v) is 3.58. The van der Waals surface area contributed by atoms with Crippen molar-refractivity contribution in [3.05, 3.63) is 65.5 Å². The Morgan fingerprint density at radius 2 is 1.87 bits per heavy atom. The number of hydrogen-bond acceptors (Lipinski definition) is 7. The van der Waals surface area contributed by atoms with Gasteiger partial charge in [-0.25, -0.2) is 4.98 Å². The number of nitrogens with zero attached hydrogens (tertiary/aromatic N) is 4. The molecule has 0 aliphatic carbocycles. The summed E-state index contributed by atoms with van der Waals surface area (Å²) in [6, 6.07) is 17.7. The fourth-order valence-electron chi connectivity index (χ4n) is 3.58. The van der Waals surface area contributed by atoms with Crippen LogP contribution in [0.3, 0.4) is 0 Å². The molecule has 2 aromatic carbocycles. The lowest BCUT2D eigenvalue weighted by Gasteiger charge is -2.28. The molecule has 1 fully saturated rings. The summed E-state index contributed by atoms with van der Waals surface area (Å²) in [5.41, 5.74) is 9.26. The highest BCUT2D eigenvalue weighted by atomic mass is 16.5. The Hall–Kier alpha value is -3.47. The Morgan fingerprint density at radius 3 is 2.58 bits per heavy atom. The van der Waals surface area contributed by atoms with Crippen LogP contribution < -0.4 is 15.4 Å². The van der Waals surface area contributed by atoms with Crippen LogP contribution in [0.15, 0.2) is 48.5 Å². The van der Waals surface area contributed by atoms with E-state index in [0.717, 1.165) is 36.5 Å². The van der Waals surface area contributed by atoms with Crippen molar-refractivity contribution in [2.75, 3.05) is 37.7 Å². The van der Waals surface area contributed by atoms with E-state index in [1.807, 2.05) is 31.2 Å². The van der Waals surface area contributed by atoms with Crippen LogP contribution in [0.2, 0.25) is 0 Å². The molecule has 0 unspecified atom stereocenters. The molecule has 0 spiro atoms. The Morgan fingerprint density at radius 1 is 1.10 bits per heavy atom. The Kier molecular flexibility index (Phi) is 6.41. The number of morpholine rings is 1. The number of anilines is 1. The van der Waals surface area contributed by atoms with Crippen molar-refractivity contribution in [1.29, 1.82) is 5.26 Å². The van der Waals surface area contributed by atoms with Gasteiger partial charge in [0.1, 0.15) is 17.4 Å². The van der Waals surface area contributed by atoms with E-state index in [9.17, 15) is 5.26 Å². The third kappa shape index (κ3) is 5.00. The molecule has 3 aromatic rings. The molecule has 4 rings (SSSR count). The first-order valence-corrected chi connectivity index (χ1v) is 10.4. The third-order valence-electron chi connectivity index (χ3n) is 5.16. The molecular weight excluding hydrogens is 390 g/mol. The molecule has 158 valence electrons. The zero-order valence-electron chi connectivity index (χ0n) is 17.5. The van der Waals surface area contributed by atoms with Crippen LogP contribution in [-0.2, 0) is 11.2 Å². The molecule has 2 N–H and O–H groups in total. The van der Waals surface area contributed by atoms with Crippen molar-refractivity contribution < 1.29 is 9.47 Å². The molecule has 0 atom stereocenters. The number of aryl methyl sites for hydroxylation is 1. The lowest BCUT2D eigenvalue weighted by molar-refractivity contribution is 0.122. The van der Waals surface area contributed by atoms with Gasteiger partial charge in [-0.2, -0.15) is 10.2 Å². The van der Waals surface area contributed by atoms with E-state index in [2.05, 4.69) is 33.1 Å². The summed E-state index contributed by atoms with van der Waals surface area (Å²) in [7, 11) is 0. The highest BCUT2D eigenvalue weighted by Gasteiger charge is 2.16. The second kappa shape index (κ2) is 9.56. The topological polar surface area (TPSA) is 97.3 Å². The maximum atomic E-state index is 9.38. The lowest BCUT2D eigenvalue weighted by Crippen LogP contribution is -2.36. The van der Waals surface area contributed by atoms with Crippen molar-refractivity contribution in [2.45, 2.75) is 13.3 Å². The van der Waals surface area contributed by atoms with Gasteiger partial charge in [0, 0.05) is 24.7 Å². The van der Waals surface area contributed by atoms with Gasteiger partial charge in [-0.15, -0.1) is 0 Å². The van der Waals surface area contributed by atoms with Gasteiger partial charge in [0.2, 0.25) is 5.88 Å². The summed E-state index contributed by atoms with van der Waals surface area (Å²) >= 11 is 0. The summed E-state index contributed by atoms with van der Waals surface area (Å²) in [4.78, 5) is 11.2. The first kappa shape index (κ1) is 20.8. The Labute approximate surface area is 182 Å². The first-order valence-electron chi connectivity index (χ1n) is 10.4. The number of nitriles is 1. The SMILES string of the molecule is Cc1nc(Oc2cc(C#N)ccc2-c2ccc(CCN)cc2)cc(N2CCOCC2)n1. The Balaban J connectivity index is 1.67. The number of nitrogens with two attached hydrogens (primary N) is 1. The van der Waals surface area contributed by atoms with Gasteiger partial charge < -0.3 is 20.1 Å². The zero-order chi connectivity index (χ0) is 21.6. The Bertz CT molecular complexity index is 1090. The summed E-state index contributed by atoms with van der Waals surface area (Å²) in [6.07, 6.45) is 0.835. The maximum absolute atomic E-state index is 9.38.